The van der Waals surface area contributed by atoms with Crippen LogP contribution in [-0.4, -0.2) is 71.6 Å². The summed E-state index contributed by atoms with van der Waals surface area (Å²) in [6, 6.07) is 14.9. The summed E-state index contributed by atoms with van der Waals surface area (Å²) in [6.07, 6.45) is 3.71. The Morgan fingerprint density at radius 3 is 2.41 bits per heavy atom. The Morgan fingerprint density at radius 1 is 1.03 bits per heavy atom. The minimum absolute atomic E-state index is 0.00610. The quantitative estimate of drug-likeness (QED) is 0.566. The molecule has 1 aliphatic heterocycles. The van der Waals surface area contributed by atoms with Crippen LogP contribution in [-0.2, 0) is 10.0 Å². The van der Waals surface area contributed by atoms with E-state index >= 15 is 0 Å². The number of carbonyl (C=O) groups is 1. The lowest BCUT2D eigenvalue weighted by Crippen LogP contribution is -2.48. The second kappa shape index (κ2) is 11.2. The Labute approximate surface area is 202 Å². The van der Waals surface area contributed by atoms with Gasteiger partial charge >= 0.3 is 0 Å². The molecule has 2 fully saturated rings. The van der Waals surface area contributed by atoms with Crippen molar-refractivity contribution in [3.63, 3.8) is 0 Å². The van der Waals surface area contributed by atoms with Gasteiger partial charge in [0, 0.05) is 56.6 Å². The van der Waals surface area contributed by atoms with E-state index in [9.17, 15) is 13.2 Å². The summed E-state index contributed by atoms with van der Waals surface area (Å²) in [4.78, 5) is 17.5. The van der Waals surface area contributed by atoms with Gasteiger partial charge in [0.25, 0.3) is 5.91 Å². The molecule has 1 heterocycles. The van der Waals surface area contributed by atoms with Crippen LogP contribution in [0.1, 0.15) is 36.0 Å². The maximum Gasteiger partial charge on any atom is 0.251 e. The van der Waals surface area contributed by atoms with Crippen LogP contribution in [0.4, 0.5) is 5.69 Å². The van der Waals surface area contributed by atoms with Crippen molar-refractivity contribution in [3.8, 4) is 5.75 Å². The van der Waals surface area contributed by atoms with Crippen LogP contribution in [0.5, 0.6) is 5.75 Å². The summed E-state index contributed by atoms with van der Waals surface area (Å²) in [5.74, 6) is -0.0544. The molecule has 1 saturated carbocycles. The lowest BCUT2D eigenvalue weighted by Gasteiger charge is -2.36. The molecule has 4 rings (SSSR count). The molecule has 184 valence electrons. The number of hydrogen-bond acceptors (Lipinski definition) is 6. The maximum absolute atomic E-state index is 13.0. The zero-order chi connectivity index (χ0) is 24.0. The third kappa shape index (κ3) is 6.08. The Morgan fingerprint density at radius 2 is 1.74 bits per heavy atom. The van der Waals surface area contributed by atoms with Gasteiger partial charge in [-0.2, -0.15) is 0 Å². The number of hydrogen-bond donors (Lipinski definition) is 2. The van der Waals surface area contributed by atoms with E-state index < -0.39 is 10.0 Å². The van der Waals surface area contributed by atoms with Crippen molar-refractivity contribution in [2.45, 2.75) is 36.6 Å². The Balaban J connectivity index is 1.30. The zero-order valence-electron chi connectivity index (χ0n) is 19.7. The first kappa shape index (κ1) is 24.5. The van der Waals surface area contributed by atoms with Crippen LogP contribution in [0.15, 0.2) is 53.4 Å². The van der Waals surface area contributed by atoms with Crippen LogP contribution in [0.3, 0.4) is 0 Å². The third-order valence-corrected chi connectivity index (χ3v) is 8.14. The predicted molar refractivity (Wildman–Crippen MR) is 133 cm³/mol. The summed E-state index contributed by atoms with van der Waals surface area (Å²) in [5.41, 5.74) is 1.55. The standard InChI is InChI=1S/C25H34N4O4S/c1-33-23-12-11-20(19-24(23)34(31,32)27-21-7-5-6-8-21)25(30)26-13-14-28-15-17-29(18-16-28)22-9-3-2-4-10-22/h2-4,9-12,19,21,27H,5-8,13-18H2,1H3,(H,26,30). The number of nitrogens with zero attached hydrogens (tertiary/aromatic N) is 2. The van der Waals surface area contributed by atoms with E-state index in [1.807, 2.05) is 6.07 Å². The molecule has 1 amide bonds. The molecular formula is C25H34N4O4S. The lowest BCUT2D eigenvalue weighted by molar-refractivity contribution is 0.0947. The normalized spacial score (nSPS) is 17.6. The van der Waals surface area contributed by atoms with E-state index in [4.69, 9.17) is 4.74 Å². The van der Waals surface area contributed by atoms with Crippen LogP contribution in [0, 0.1) is 0 Å². The number of para-hydroxylation sites is 1. The van der Waals surface area contributed by atoms with Crippen molar-refractivity contribution in [1.29, 1.82) is 0 Å². The fourth-order valence-corrected chi connectivity index (χ4v) is 6.15. The summed E-state index contributed by atoms with van der Waals surface area (Å²) < 4.78 is 34.0. The predicted octanol–water partition coefficient (Wildman–Crippen LogP) is 2.47. The number of methoxy groups -OCH3 is 1. The molecule has 0 aromatic heterocycles. The van der Waals surface area contributed by atoms with Crippen molar-refractivity contribution < 1.29 is 17.9 Å². The Kier molecular flexibility index (Phi) is 8.07. The minimum atomic E-state index is -3.78. The number of piperazine rings is 1. The molecule has 0 atom stereocenters. The molecule has 2 aliphatic rings. The van der Waals surface area contributed by atoms with Crippen molar-refractivity contribution in [3.05, 3.63) is 54.1 Å². The summed E-state index contributed by atoms with van der Waals surface area (Å²) >= 11 is 0. The average Bonchev–Trinajstić information content (AvgIpc) is 3.37. The van der Waals surface area contributed by atoms with E-state index in [0.29, 0.717) is 12.1 Å². The smallest absolute Gasteiger partial charge is 0.251 e. The van der Waals surface area contributed by atoms with Crippen molar-refractivity contribution in [2.75, 3.05) is 51.3 Å². The number of anilines is 1. The van der Waals surface area contributed by atoms with Crippen LogP contribution < -0.4 is 19.7 Å². The molecule has 0 spiro atoms. The molecule has 34 heavy (non-hydrogen) atoms. The zero-order valence-corrected chi connectivity index (χ0v) is 20.5. The summed E-state index contributed by atoms with van der Waals surface area (Å²) in [6.45, 7) is 5.01. The highest BCUT2D eigenvalue weighted by molar-refractivity contribution is 7.89. The lowest BCUT2D eigenvalue weighted by atomic mass is 10.2. The van der Waals surface area contributed by atoms with Gasteiger partial charge in [-0.3, -0.25) is 9.69 Å². The fraction of sp³-hybridized carbons (Fsp3) is 0.480. The van der Waals surface area contributed by atoms with Gasteiger partial charge in [-0.15, -0.1) is 0 Å². The summed E-state index contributed by atoms with van der Waals surface area (Å²) in [5, 5.41) is 2.93. The van der Waals surface area contributed by atoms with Gasteiger partial charge in [-0.25, -0.2) is 13.1 Å². The molecule has 2 aromatic rings. The van der Waals surface area contributed by atoms with Crippen molar-refractivity contribution in [2.24, 2.45) is 0 Å². The number of carbonyl (C=O) groups excluding carboxylic acids is 1. The van der Waals surface area contributed by atoms with Gasteiger partial charge in [0.2, 0.25) is 10.0 Å². The van der Waals surface area contributed by atoms with Crippen LogP contribution in [0.25, 0.3) is 0 Å². The van der Waals surface area contributed by atoms with Crippen molar-refractivity contribution in [1.82, 2.24) is 14.9 Å². The van der Waals surface area contributed by atoms with Gasteiger partial charge in [0.1, 0.15) is 10.6 Å². The molecule has 2 N–H and O–H groups in total. The fourth-order valence-electron chi connectivity index (χ4n) is 4.65. The first-order valence-corrected chi connectivity index (χ1v) is 13.5. The Bertz CT molecular complexity index is 1060. The first-order valence-electron chi connectivity index (χ1n) is 12.0. The molecule has 9 heteroatoms. The van der Waals surface area contributed by atoms with Crippen molar-refractivity contribution >= 4 is 21.6 Å². The molecule has 0 radical (unpaired) electrons. The second-order valence-electron chi connectivity index (χ2n) is 8.89. The third-order valence-electron chi connectivity index (χ3n) is 6.60. The van der Waals surface area contributed by atoms with E-state index in [1.54, 1.807) is 12.1 Å². The van der Waals surface area contributed by atoms with E-state index in [-0.39, 0.29) is 22.6 Å². The number of nitrogens with one attached hydrogen (secondary N) is 2. The van der Waals surface area contributed by atoms with E-state index in [0.717, 1.165) is 58.4 Å². The number of sulfonamides is 1. The highest BCUT2D eigenvalue weighted by Crippen LogP contribution is 2.27. The monoisotopic (exact) mass is 486 g/mol. The number of ether oxygens (including phenoxy) is 1. The average molecular weight is 487 g/mol. The topological polar surface area (TPSA) is 91.0 Å². The van der Waals surface area contributed by atoms with E-state index in [1.165, 1.54) is 18.9 Å². The highest BCUT2D eigenvalue weighted by atomic mass is 32.2. The molecule has 1 saturated heterocycles. The molecule has 1 aliphatic carbocycles. The second-order valence-corrected chi connectivity index (χ2v) is 10.6. The van der Waals surface area contributed by atoms with Gasteiger partial charge in [0.15, 0.2) is 0 Å². The molecule has 2 aromatic carbocycles. The van der Waals surface area contributed by atoms with Gasteiger partial charge < -0.3 is 15.0 Å². The molecule has 8 nitrogen and oxygen atoms in total. The SMILES string of the molecule is COc1ccc(C(=O)NCCN2CCN(c3ccccc3)CC2)cc1S(=O)(=O)NC1CCCC1. The van der Waals surface area contributed by atoms with Crippen LogP contribution >= 0.6 is 0 Å². The molecule has 0 bridgehead atoms. The first-order chi connectivity index (χ1) is 16.5. The summed E-state index contributed by atoms with van der Waals surface area (Å²) in [7, 11) is -2.34. The van der Waals surface area contributed by atoms with Gasteiger partial charge in [-0.1, -0.05) is 31.0 Å². The van der Waals surface area contributed by atoms with Gasteiger partial charge in [0.05, 0.1) is 7.11 Å². The molecular weight excluding hydrogens is 452 g/mol. The van der Waals surface area contributed by atoms with Gasteiger partial charge in [-0.05, 0) is 43.2 Å². The largest absolute Gasteiger partial charge is 0.495 e. The maximum atomic E-state index is 13.0. The van der Waals surface area contributed by atoms with Crippen LogP contribution in [0.2, 0.25) is 0 Å². The highest BCUT2D eigenvalue weighted by Gasteiger charge is 2.26. The Hall–Kier alpha value is -2.62. The number of rotatable bonds is 9. The minimum Gasteiger partial charge on any atom is -0.495 e. The number of amides is 1. The molecule has 0 unspecified atom stereocenters. The number of benzene rings is 2. The van der Waals surface area contributed by atoms with E-state index in [2.05, 4.69) is 44.1 Å².